The summed E-state index contributed by atoms with van der Waals surface area (Å²) in [5, 5.41) is 4.17. The van der Waals surface area contributed by atoms with Crippen LogP contribution in [0.5, 0.6) is 0 Å². The van der Waals surface area contributed by atoms with Crippen molar-refractivity contribution in [2.75, 3.05) is 0 Å². The first-order valence-electron chi connectivity index (χ1n) is 7.69. The van der Waals surface area contributed by atoms with Gasteiger partial charge in [-0.15, -0.1) is 0 Å². The molecule has 2 rings (SSSR count). The van der Waals surface area contributed by atoms with E-state index < -0.39 is 0 Å². The quantitative estimate of drug-likeness (QED) is 0.879. The van der Waals surface area contributed by atoms with E-state index in [2.05, 4.69) is 30.9 Å². The molecule has 1 heterocycles. The molecular formula is C15H27N3O. The second-order valence-corrected chi connectivity index (χ2v) is 6.36. The Balaban J connectivity index is 2.00. The molecule has 3 atom stereocenters. The number of hydrogen-bond acceptors (Lipinski definition) is 4. The summed E-state index contributed by atoms with van der Waals surface area (Å²) in [6, 6.07) is -0.119. The van der Waals surface area contributed by atoms with Crippen LogP contribution in [-0.2, 0) is 0 Å². The van der Waals surface area contributed by atoms with Crippen molar-refractivity contribution in [3.63, 3.8) is 0 Å². The molecule has 1 aromatic heterocycles. The van der Waals surface area contributed by atoms with Gasteiger partial charge in [0.1, 0.15) is 0 Å². The minimum atomic E-state index is -0.119. The number of nitrogens with zero attached hydrogens (tertiary/aromatic N) is 2. The first-order chi connectivity index (χ1) is 9.10. The van der Waals surface area contributed by atoms with Crippen LogP contribution in [-0.4, -0.2) is 10.1 Å². The van der Waals surface area contributed by atoms with Crippen molar-refractivity contribution in [2.45, 2.75) is 71.3 Å². The summed E-state index contributed by atoms with van der Waals surface area (Å²) in [6.07, 6.45) is 7.18. The molecule has 0 radical (unpaired) electrons. The Labute approximate surface area is 116 Å². The SMILES string of the molecule is CCC1CCCC(c2noc([C@H](N)CC(C)C)n2)C1. The lowest BCUT2D eigenvalue weighted by atomic mass is 9.80. The topological polar surface area (TPSA) is 64.9 Å². The Morgan fingerprint density at radius 1 is 1.37 bits per heavy atom. The molecule has 0 amide bonds. The van der Waals surface area contributed by atoms with Gasteiger partial charge in [0.05, 0.1) is 6.04 Å². The third kappa shape index (κ3) is 3.78. The zero-order valence-corrected chi connectivity index (χ0v) is 12.4. The van der Waals surface area contributed by atoms with E-state index in [1.54, 1.807) is 0 Å². The summed E-state index contributed by atoms with van der Waals surface area (Å²) in [5.74, 6) is 3.34. The standard InChI is InChI=1S/C15H27N3O/c1-4-11-6-5-7-12(9-11)14-17-15(19-18-14)13(16)8-10(2)3/h10-13H,4-9,16H2,1-3H3/t11?,12?,13-/m1/s1. The molecule has 0 aromatic carbocycles. The van der Waals surface area contributed by atoms with E-state index in [1.807, 2.05) is 0 Å². The van der Waals surface area contributed by atoms with E-state index in [-0.39, 0.29) is 6.04 Å². The van der Waals surface area contributed by atoms with Crippen LogP contribution in [0, 0.1) is 11.8 Å². The maximum Gasteiger partial charge on any atom is 0.243 e. The average Bonchev–Trinajstić information content (AvgIpc) is 2.88. The van der Waals surface area contributed by atoms with Gasteiger partial charge in [-0.3, -0.25) is 0 Å². The molecule has 0 saturated heterocycles. The highest BCUT2D eigenvalue weighted by Gasteiger charge is 2.27. The molecule has 108 valence electrons. The average molecular weight is 265 g/mol. The van der Waals surface area contributed by atoms with Gasteiger partial charge >= 0.3 is 0 Å². The summed E-state index contributed by atoms with van der Waals surface area (Å²) in [4.78, 5) is 4.55. The summed E-state index contributed by atoms with van der Waals surface area (Å²) in [5.41, 5.74) is 6.10. The molecule has 0 bridgehead atoms. The molecule has 0 spiro atoms. The highest BCUT2D eigenvalue weighted by atomic mass is 16.5. The minimum Gasteiger partial charge on any atom is -0.338 e. The number of nitrogens with two attached hydrogens (primary N) is 1. The lowest BCUT2D eigenvalue weighted by molar-refractivity contribution is 0.294. The first kappa shape index (κ1) is 14.5. The third-order valence-corrected chi connectivity index (χ3v) is 4.23. The predicted molar refractivity (Wildman–Crippen MR) is 75.7 cm³/mol. The largest absolute Gasteiger partial charge is 0.338 e. The van der Waals surface area contributed by atoms with Gasteiger partial charge in [-0.05, 0) is 31.1 Å². The highest BCUT2D eigenvalue weighted by molar-refractivity contribution is 5.00. The molecule has 1 aliphatic carbocycles. The number of aromatic nitrogens is 2. The zero-order valence-electron chi connectivity index (χ0n) is 12.4. The van der Waals surface area contributed by atoms with Gasteiger partial charge in [0.2, 0.25) is 5.89 Å². The highest BCUT2D eigenvalue weighted by Crippen LogP contribution is 2.36. The third-order valence-electron chi connectivity index (χ3n) is 4.23. The lowest BCUT2D eigenvalue weighted by Gasteiger charge is -2.26. The fraction of sp³-hybridized carbons (Fsp3) is 0.867. The first-order valence-corrected chi connectivity index (χ1v) is 7.69. The van der Waals surface area contributed by atoms with Crippen LogP contribution in [0.4, 0.5) is 0 Å². The van der Waals surface area contributed by atoms with Crippen LogP contribution >= 0.6 is 0 Å². The fourth-order valence-corrected chi connectivity index (χ4v) is 3.07. The molecule has 4 heteroatoms. The lowest BCUT2D eigenvalue weighted by Crippen LogP contribution is -2.16. The van der Waals surface area contributed by atoms with Gasteiger partial charge in [-0.2, -0.15) is 4.98 Å². The van der Waals surface area contributed by atoms with Gasteiger partial charge in [-0.1, -0.05) is 45.2 Å². The molecule has 1 saturated carbocycles. The Morgan fingerprint density at radius 2 is 2.16 bits per heavy atom. The van der Waals surface area contributed by atoms with E-state index in [4.69, 9.17) is 10.3 Å². The molecule has 1 fully saturated rings. The summed E-state index contributed by atoms with van der Waals surface area (Å²) in [7, 11) is 0. The fourth-order valence-electron chi connectivity index (χ4n) is 3.07. The van der Waals surface area contributed by atoms with Crippen LogP contribution in [0.1, 0.15) is 83.0 Å². The summed E-state index contributed by atoms with van der Waals surface area (Å²) < 4.78 is 5.36. The maximum atomic E-state index is 6.10. The van der Waals surface area contributed by atoms with Gasteiger partial charge < -0.3 is 10.3 Å². The second kappa shape index (κ2) is 6.51. The Bertz CT molecular complexity index is 388. The van der Waals surface area contributed by atoms with Crippen molar-refractivity contribution in [2.24, 2.45) is 17.6 Å². The van der Waals surface area contributed by atoms with Crippen LogP contribution in [0.2, 0.25) is 0 Å². The monoisotopic (exact) mass is 265 g/mol. The van der Waals surface area contributed by atoms with Gasteiger partial charge in [-0.25, -0.2) is 0 Å². The van der Waals surface area contributed by atoms with Gasteiger partial charge in [0.25, 0.3) is 0 Å². The Kier molecular flexibility index (Phi) is 4.97. The molecule has 2 N–H and O–H groups in total. The Morgan fingerprint density at radius 3 is 2.84 bits per heavy atom. The van der Waals surface area contributed by atoms with Crippen molar-refractivity contribution in [1.29, 1.82) is 0 Å². The second-order valence-electron chi connectivity index (χ2n) is 6.36. The van der Waals surface area contributed by atoms with Crippen LogP contribution in [0.25, 0.3) is 0 Å². The van der Waals surface area contributed by atoms with Crippen molar-refractivity contribution < 1.29 is 4.52 Å². The van der Waals surface area contributed by atoms with Crippen molar-refractivity contribution in [1.82, 2.24) is 10.1 Å². The van der Waals surface area contributed by atoms with Crippen molar-refractivity contribution in [3.05, 3.63) is 11.7 Å². The predicted octanol–water partition coefficient (Wildman–Crippen LogP) is 3.80. The molecule has 19 heavy (non-hydrogen) atoms. The summed E-state index contributed by atoms with van der Waals surface area (Å²) in [6.45, 7) is 6.58. The van der Waals surface area contributed by atoms with E-state index >= 15 is 0 Å². The van der Waals surface area contributed by atoms with E-state index in [0.717, 1.165) is 18.2 Å². The van der Waals surface area contributed by atoms with Gasteiger partial charge in [0.15, 0.2) is 5.82 Å². The van der Waals surface area contributed by atoms with Gasteiger partial charge in [0, 0.05) is 5.92 Å². The summed E-state index contributed by atoms with van der Waals surface area (Å²) >= 11 is 0. The van der Waals surface area contributed by atoms with E-state index in [0.29, 0.717) is 17.7 Å². The maximum absolute atomic E-state index is 6.10. The van der Waals surface area contributed by atoms with E-state index in [1.165, 1.54) is 32.1 Å². The molecule has 1 aromatic rings. The van der Waals surface area contributed by atoms with E-state index in [9.17, 15) is 0 Å². The molecule has 0 aliphatic heterocycles. The zero-order chi connectivity index (χ0) is 13.8. The van der Waals surface area contributed by atoms with Crippen LogP contribution < -0.4 is 5.73 Å². The Hall–Kier alpha value is -0.900. The number of rotatable bonds is 5. The van der Waals surface area contributed by atoms with Crippen molar-refractivity contribution >= 4 is 0 Å². The van der Waals surface area contributed by atoms with Crippen LogP contribution in [0.3, 0.4) is 0 Å². The number of hydrogen-bond donors (Lipinski definition) is 1. The molecule has 2 unspecified atom stereocenters. The molecular weight excluding hydrogens is 238 g/mol. The molecule has 4 nitrogen and oxygen atoms in total. The van der Waals surface area contributed by atoms with Crippen molar-refractivity contribution in [3.8, 4) is 0 Å². The minimum absolute atomic E-state index is 0.119. The van der Waals surface area contributed by atoms with Crippen LogP contribution in [0.15, 0.2) is 4.52 Å². The molecule has 1 aliphatic rings. The normalized spacial score (nSPS) is 25.7. The smallest absolute Gasteiger partial charge is 0.243 e.